The largest absolute Gasteiger partial charge is 0.379 e. The molecule has 1 saturated heterocycles. The number of thiocarbonyl (C=S) groups is 1. The average molecular weight is 1180 g/mol. The van der Waals surface area contributed by atoms with Crippen molar-refractivity contribution in [1.82, 2.24) is 30.2 Å². The minimum atomic E-state index is -0.956. The van der Waals surface area contributed by atoms with E-state index in [4.69, 9.17) is 54.8 Å². The second kappa shape index (κ2) is 38.9. The van der Waals surface area contributed by atoms with E-state index >= 15 is 0 Å². The van der Waals surface area contributed by atoms with Gasteiger partial charge in [0.1, 0.15) is 30.5 Å². The Balaban J connectivity index is 1.45. The predicted molar refractivity (Wildman–Crippen MR) is 311 cm³/mol. The molecular formula is C59H96N6O16S. The minimum Gasteiger partial charge on any atom is -0.379 e. The number of nitrogens with one attached hydrogen (secondary N) is 2. The number of amides is 6. The highest BCUT2D eigenvalue weighted by atomic mass is 32.1. The first-order valence-corrected chi connectivity index (χ1v) is 29.2. The summed E-state index contributed by atoms with van der Waals surface area (Å²) >= 11 is 5.88. The number of hydrogen-bond acceptors (Lipinski definition) is 17. The Hall–Kier alpha value is -4.82. The van der Waals surface area contributed by atoms with Crippen molar-refractivity contribution < 1.29 is 76.2 Å². The molecule has 1 aromatic rings. The lowest BCUT2D eigenvalue weighted by atomic mass is 9.89. The van der Waals surface area contributed by atoms with E-state index in [-0.39, 0.29) is 98.5 Å². The molecule has 2 N–H and O–H groups in total. The maximum Gasteiger partial charge on any atom is 0.253 e. The van der Waals surface area contributed by atoms with Gasteiger partial charge in [-0.25, -0.2) is 0 Å². The first kappa shape index (κ1) is 71.4. The summed E-state index contributed by atoms with van der Waals surface area (Å²) in [6, 6.07) is 5.95. The van der Waals surface area contributed by atoms with Gasteiger partial charge in [0.15, 0.2) is 0 Å². The van der Waals surface area contributed by atoms with Crippen molar-refractivity contribution >= 4 is 58.9 Å². The molecule has 2 unspecified atom stereocenters. The molecule has 464 valence electrons. The van der Waals surface area contributed by atoms with Gasteiger partial charge in [0.25, 0.3) is 11.8 Å². The van der Waals surface area contributed by atoms with Gasteiger partial charge in [-0.3, -0.25) is 33.7 Å². The van der Waals surface area contributed by atoms with Gasteiger partial charge < -0.3 is 72.8 Å². The van der Waals surface area contributed by atoms with Crippen LogP contribution >= 0.6 is 12.2 Å². The van der Waals surface area contributed by atoms with Crippen molar-refractivity contribution in [1.29, 1.82) is 0 Å². The second-order valence-corrected chi connectivity index (χ2v) is 21.8. The van der Waals surface area contributed by atoms with Crippen molar-refractivity contribution in [2.45, 2.75) is 129 Å². The number of methoxy groups -OCH3 is 3. The topological polar surface area (TPSA) is 240 Å². The lowest BCUT2D eigenvalue weighted by molar-refractivity contribution is -0.148. The van der Waals surface area contributed by atoms with Crippen LogP contribution in [0.4, 0.5) is 0 Å². The smallest absolute Gasteiger partial charge is 0.253 e. The normalized spacial score (nSPS) is 17.8. The molecule has 0 bridgehead atoms. The molecule has 0 spiro atoms. The summed E-state index contributed by atoms with van der Waals surface area (Å²) in [5.74, 6) is -3.04. The fourth-order valence-electron chi connectivity index (χ4n) is 10.3. The zero-order chi connectivity index (χ0) is 60.7. The third-order valence-electron chi connectivity index (χ3n) is 15.0. The number of ether oxygens (including phenoxy) is 9. The quantitative estimate of drug-likeness (QED) is 0.0409. The Kier molecular flexibility index (Phi) is 33.9. The van der Waals surface area contributed by atoms with Gasteiger partial charge in [-0.2, -0.15) is 0 Å². The predicted octanol–water partition coefficient (Wildman–Crippen LogP) is 3.82. The summed E-state index contributed by atoms with van der Waals surface area (Å²) in [6.07, 6.45) is 3.58. The van der Waals surface area contributed by atoms with Gasteiger partial charge in [0.2, 0.25) is 23.6 Å². The van der Waals surface area contributed by atoms with Crippen LogP contribution in [-0.4, -0.2) is 237 Å². The Morgan fingerprint density at radius 1 is 0.720 bits per heavy atom. The molecule has 10 atom stereocenters. The second-order valence-electron chi connectivity index (χ2n) is 21.3. The SMILES string of the molecule is CC[C@H](C)[C@@H]([C@@H](CC(=O)N1CCC[C@H]1[C@H](OC)[C@@H](C)C(=S)NC(C=O)C(OC)c1ccccc1)OC)N(C)C(=O)[C@@H](NC(=O)[C@H](C(C)C)N(C)C(=O)CCOCCOCCOCCOCCOCCOCCN1C(=O)C=CC1=O)C(C)C. The average Bonchev–Trinajstić information content (AvgIpc) is 4.08. The Labute approximate surface area is 492 Å². The lowest BCUT2D eigenvalue weighted by Gasteiger charge is -2.41. The molecule has 2 aliphatic heterocycles. The van der Waals surface area contributed by atoms with Crippen LogP contribution in [0.25, 0.3) is 0 Å². The Bertz CT molecular complexity index is 2120. The van der Waals surface area contributed by atoms with Crippen LogP contribution in [0.2, 0.25) is 0 Å². The van der Waals surface area contributed by atoms with Crippen LogP contribution in [-0.2, 0) is 76.2 Å². The third-order valence-corrected chi connectivity index (χ3v) is 15.5. The molecule has 82 heavy (non-hydrogen) atoms. The van der Waals surface area contributed by atoms with E-state index in [9.17, 15) is 33.6 Å². The maximum atomic E-state index is 14.7. The fourth-order valence-corrected chi connectivity index (χ4v) is 10.6. The van der Waals surface area contributed by atoms with Gasteiger partial charge >= 0.3 is 0 Å². The maximum absolute atomic E-state index is 14.7. The number of aldehydes is 1. The van der Waals surface area contributed by atoms with Crippen LogP contribution in [0.5, 0.6) is 0 Å². The summed E-state index contributed by atoms with van der Waals surface area (Å²) in [5.41, 5.74) is 0.822. The van der Waals surface area contributed by atoms with E-state index in [2.05, 4.69) is 10.6 Å². The Morgan fingerprint density at radius 3 is 1.73 bits per heavy atom. The molecule has 1 aromatic carbocycles. The Morgan fingerprint density at radius 2 is 1.26 bits per heavy atom. The molecule has 23 heteroatoms. The molecule has 0 aromatic heterocycles. The number of carbonyl (C=O) groups is 7. The van der Waals surface area contributed by atoms with Crippen molar-refractivity contribution in [3.8, 4) is 0 Å². The highest BCUT2D eigenvalue weighted by molar-refractivity contribution is 7.80. The first-order chi connectivity index (χ1) is 39.3. The summed E-state index contributed by atoms with van der Waals surface area (Å²) in [7, 11) is 7.95. The van der Waals surface area contributed by atoms with Gasteiger partial charge in [-0.05, 0) is 36.2 Å². The monoisotopic (exact) mass is 1180 g/mol. The summed E-state index contributed by atoms with van der Waals surface area (Å²) in [4.78, 5) is 98.7. The number of rotatable bonds is 43. The highest BCUT2D eigenvalue weighted by Crippen LogP contribution is 2.31. The van der Waals surface area contributed by atoms with Gasteiger partial charge in [-0.15, -0.1) is 0 Å². The third kappa shape index (κ3) is 22.6. The minimum absolute atomic E-state index is 0.0206. The number of likely N-dealkylation sites (tertiary alicyclic amines) is 1. The van der Waals surface area contributed by atoms with Crippen molar-refractivity contribution in [2.75, 3.05) is 128 Å². The number of likely N-dealkylation sites (N-methyl/N-ethyl adjacent to an activating group) is 2. The van der Waals surface area contributed by atoms with Gasteiger partial charge in [0.05, 0.1) is 128 Å². The van der Waals surface area contributed by atoms with E-state index in [0.717, 1.165) is 23.2 Å². The van der Waals surface area contributed by atoms with E-state index in [0.29, 0.717) is 83.8 Å². The van der Waals surface area contributed by atoms with Crippen LogP contribution in [0.3, 0.4) is 0 Å². The van der Waals surface area contributed by atoms with Gasteiger partial charge in [0, 0.05) is 60.0 Å². The van der Waals surface area contributed by atoms with E-state index in [1.807, 2.05) is 83.7 Å². The molecule has 3 rings (SSSR count). The van der Waals surface area contributed by atoms with Crippen molar-refractivity contribution in [3.63, 3.8) is 0 Å². The van der Waals surface area contributed by atoms with E-state index in [1.165, 1.54) is 17.1 Å². The summed E-state index contributed by atoms with van der Waals surface area (Å²) in [6.45, 7) is 17.9. The number of benzene rings is 1. The summed E-state index contributed by atoms with van der Waals surface area (Å²) < 4.78 is 51.1. The number of imide groups is 1. The highest BCUT2D eigenvalue weighted by Gasteiger charge is 2.43. The molecule has 2 aliphatic rings. The first-order valence-electron chi connectivity index (χ1n) is 28.8. The standard InChI is InChI=1S/C59H96N6O16S/c1-13-42(6)54(47(73-10)38-51(70)64-24-17-20-46(64)55(74-11)43(7)58(82)60-45(39-66)56(75-12)44-18-15-14-16-19-44)63(9)59(72)52(40(2)3)61-57(71)53(41(4)5)62(8)48(67)23-26-76-28-30-78-32-34-80-36-37-81-35-33-79-31-29-77-27-25-65-49(68)21-22-50(65)69/h14-16,18-19,21-22,39-43,45-47,52-56H,13,17,20,23-38H2,1-12H3,(H,60,82)(H,61,71)/t42-,43+,45?,46-,47+,52-,53-,54-,55+,56?/m0/s1. The van der Waals surface area contributed by atoms with Crippen LogP contribution in [0.15, 0.2) is 42.5 Å². The van der Waals surface area contributed by atoms with Gasteiger partial charge in [-0.1, -0.05) is 97.4 Å². The molecular weight excluding hydrogens is 1080 g/mol. The van der Waals surface area contributed by atoms with Crippen molar-refractivity contribution in [2.24, 2.45) is 23.7 Å². The fraction of sp³-hybridized carbons (Fsp3) is 0.729. The molecule has 1 fully saturated rings. The molecule has 0 radical (unpaired) electrons. The van der Waals surface area contributed by atoms with Crippen LogP contribution in [0.1, 0.15) is 92.2 Å². The zero-order valence-electron chi connectivity index (χ0n) is 50.7. The molecule has 0 saturated carbocycles. The zero-order valence-corrected chi connectivity index (χ0v) is 51.5. The van der Waals surface area contributed by atoms with Crippen LogP contribution < -0.4 is 10.6 Å². The molecule has 2 heterocycles. The van der Waals surface area contributed by atoms with Crippen molar-refractivity contribution in [3.05, 3.63) is 48.0 Å². The summed E-state index contributed by atoms with van der Waals surface area (Å²) in [5, 5.41) is 6.21. The van der Waals surface area contributed by atoms with E-state index in [1.54, 1.807) is 40.3 Å². The molecule has 0 aliphatic carbocycles. The van der Waals surface area contributed by atoms with Crippen LogP contribution in [0, 0.1) is 23.7 Å². The number of hydrogen-bond donors (Lipinski definition) is 2. The number of carbonyl (C=O) groups excluding carboxylic acids is 7. The molecule has 6 amide bonds. The van der Waals surface area contributed by atoms with E-state index < -0.39 is 48.4 Å². The lowest BCUT2D eigenvalue weighted by Crippen LogP contribution is -2.60. The number of nitrogens with zero attached hydrogens (tertiary/aromatic N) is 4. The molecule has 22 nitrogen and oxygen atoms in total.